The smallest absolute Gasteiger partial charge is 0.223 e. The molecule has 5 heteroatoms. The van der Waals surface area contributed by atoms with Crippen LogP contribution in [-0.2, 0) is 4.79 Å². The molecular formula is C11H23N3OS. The summed E-state index contributed by atoms with van der Waals surface area (Å²) in [4.78, 5) is 13.7. The Kier molecular flexibility index (Phi) is 5.58. The highest BCUT2D eigenvalue weighted by Gasteiger charge is 2.16. The van der Waals surface area contributed by atoms with Gasteiger partial charge in [0.1, 0.15) is 0 Å². The summed E-state index contributed by atoms with van der Waals surface area (Å²) in [5, 5.41) is 3.24. The van der Waals surface area contributed by atoms with E-state index in [0.717, 1.165) is 37.7 Å². The zero-order chi connectivity index (χ0) is 12.0. The minimum absolute atomic E-state index is 0.136. The van der Waals surface area contributed by atoms with Crippen molar-refractivity contribution in [1.29, 1.82) is 0 Å². The zero-order valence-corrected chi connectivity index (χ0v) is 11.1. The number of carbonyl (C=O) groups is 1. The number of thioether (sulfide) groups is 1. The topological polar surface area (TPSA) is 58.4 Å². The summed E-state index contributed by atoms with van der Waals surface area (Å²) >= 11 is 1.76. The Morgan fingerprint density at radius 1 is 1.44 bits per heavy atom. The van der Waals surface area contributed by atoms with Gasteiger partial charge in [0.2, 0.25) is 5.91 Å². The van der Waals surface area contributed by atoms with Crippen LogP contribution >= 0.6 is 11.8 Å². The lowest BCUT2D eigenvalue weighted by molar-refractivity contribution is -0.131. The van der Waals surface area contributed by atoms with Gasteiger partial charge in [0.25, 0.3) is 0 Å². The van der Waals surface area contributed by atoms with E-state index in [-0.39, 0.29) is 11.4 Å². The molecule has 0 aromatic heterocycles. The van der Waals surface area contributed by atoms with Gasteiger partial charge < -0.3 is 16.0 Å². The summed E-state index contributed by atoms with van der Waals surface area (Å²) in [6, 6.07) is 0. The van der Waals surface area contributed by atoms with E-state index in [2.05, 4.69) is 5.32 Å². The van der Waals surface area contributed by atoms with E-state index < -0.39 is 0 Å². The van der Waals surface area contributed by atoms with Crippen molar-refractivity contribution in [2.75, 3.05) is 37.7 Å². The fourth-order valence-electron chi connectivity index (χ4n) is 1.57. The van der Waals surface area contributed by atoms with Gasteiger partial charge in [-0.1, -0.05) is 0 Å². The number of nitrogens with two attached hydrogens (primary N) is 1. The lowest BCUT2D eigenvalue weighted by Crippen LogP contribution is -2.46. The molecule has 0 saturated carbocycles. The van der Waals surface area contributed by atoms with Gasteiger partial charge in [0.05, 0.1) is 0 Å². The summed E-state index contributed by atoms with van der Waals surface area (Å²) in [6.45, 7) is 7.58. The maximum atomic E-state index is 11.8. The van der Waals surface area contributed by atoms with Crippen LogP contribution in [0.25, 0.3) is 0 Å². The van der Waals surface area contributed by atoms with Gasteiger partial charge in [-0.2, -0.15) is 11.8 Å². The summed E-state index contributed by atoms with van der Waals surface area (Å²) < 4.78 is 0. The van der Waals surface area contributed by atoms with Crippen molar-refractivity contribution in [1.82, 2.24) is 10.2 Å². The van der Waals surface area contributed by atoms with E-state index in [1.165, 1.54) is 0 Å². The maximum Gasteiger partial charge on any atom is 0.223 e. The molecule has 1 saturated heterocycles. The first-order valence-electron chi connectivity index (χ1n) is 5.84. The van der Waals surface area contributed by atoms with Gasteiger partial charge in [-0.3, -0.25) is 4.79 Å². The number of nitrogens with one attached hydrogen (secondary N) is 1. The SMILES string of the molecule is CC(C)(N)CSCCC(=O)N1CCNCC1. The fourth-order valence-corrected chi connectivity index (χ4v) is 2.56. The van der Waals surface area contributed by atoms with E-state index in [1.54, 1.807) is 11.8 Å². The molecule has 0 unspecified atom stereocenters. The Hall–Kier alpha value is -0.260. The number of carbonyl (C=O) groups excluding carboxylic acids is 1. The van der Waals surface area contributed by atoms with Gasteiger partial charge >= 0.3 is 0 Å². The molecule has 0 atom stereocenters. The number of nitrogens with zero attached hydrogens (tertiary/aromatic N) is 1. The van der Waals surface area contributed by atoms with Crippen LogP contribution in [0.5, 0.6) is 0 Å². The Balaban J connectivity index is 2.10. The summed E-state index contributed by atoms with van der Waals surface area (Å²) in [6.07, 6.45) is 0.640. The molecule has 0 radical (unpaired) electrons. The van der Waals surface area contributed by atoms with Crippen LogP contribution in [0, 0.1) is 0 Å². The Morgan fingerprint density at radius 2 is 2.06 bits per heavy atom. The Bertz CT molecular complexity index is 222. The van der Waals surface area contributed by atoms with Crippen LogP contribution in [0.4, 0.5) is 0 Å². The number of amides is 1. The van der Waals surface area contributed by atoms with Gasteiger partial charge in [0.15, 0.2) is 0 Å². The van der Waals surface area contributed by atoms with Crippen LogP contribution in [0.1, 0.15) is 20.3 Å². The minimum Gasteiger partial charge on any atom is -0.340 e. The van der Waals surface area contributed by atoms with Crippen molar-refractivity contribution in [3.63, 3.8) is 0 Å². The molecule has 94 valence electrons. The predicted octanol–water partition coefficient (Wildman–Crippen LogP) is 0.279. The molecule has 1 aliphatic heterocycles. The highest BCUT2D eigenvalue weighted by molar-refractivity contribution is 7.99. The molecule has 1 heterocycles. The molecule has 4 nitrogen and oxygen atoms in total. The normalized spacial score (nSPS) is 17.6. The van der Waals surface area contributed by atoms with E-state index in [1.807, 2.05) is 18.7 Å². The van der Waals surface area contributed by atoms with Gasteiger partial charge in [-0.25, -0.2) is 0 Å². The lowest BCUT2D eigenvalue weighted by Gasteiger charge is -2.27. The largest absolute Gasteiger partial charge is 0.340 e. The second kappa shape index (κ2) is 6.47. The molecule has 3 N–H and O–H groups in total. The van der Waals surface area contributed by atoms with Crippen molar-refractivity contribution in [3.8, 4) is 0 Å². The third kappa shape index (κ3) is 5.72. The molecule has 1 fully saturated rings. The van der Waals surface area contributed by atoms with Crippen LogP contribution < -0.4 is 11.1 Å². The number of hydrogen-bond donors (Lipinski definition) is 2. The van der Waals surface area contributed by atoms with E-state index >= 15 is 0 Å². The van der Waals surface area contributed by atoms with E-state index in [4.69, 9.17) is 5.73 Å². The van der Waals surface area contributed by atoms with Gasteiger partial charge in [0, 0.05) is 49.6 Å². The summed E-state index contributed by atoms with van der Waals surface area (Å²) in [5.41, 5.74) is 5.73. The first-order chi connectivity index (χ1) is 7.49. The van der Waals surface area contributed by atoms with Crippen LogP contribution in [0.2, 0.25) is 0 Å². The van der Waals surface area contributed by atoms with E-state index in [0.29, 0.717) is 6.42 Å². The van der Waals surface area contributed by atoms with Gasteiger partial charge in [-0.15, -0.1) is 0 Å². The first-order valence-corrected chi connectivity index (χ1v) is 7.00. The summed E-state index contributed by atoms with van der Waals surface area (Å²) in [5.74, 6) is 2.06. The first kappa shape index (κ1) is 13.8. The molecule has 0 spiro atoms. The lowest BCUT2D eigenvalue weighted by atomic mass is 10.1. The van der Waals surface area contributed by atoms with Gasteiger partial charge in [-0.05, 0) is 13.8 Å². The highest BCUT2D eigenvalue weighted by atomic mass is 32.2. The Labute approximate surface area is 102 Å². The monoisotopic (exact) mass is 245 g/mol. The number of hydrogen-bond acceptors (Lipinski definition) is 4. The zero-order valence-electron chi connectivity index (χ0n) is 10.3. The third-order valence-electron chi connectivity index (χ3n) is 2.40. The van der Waals surface area contributed by atoms with Crippen molar-refractivity contribution < 1.29 is 4.79 Å². The van der Waals surface area contributed by atoms with E-state index in [9.17, 15) is 4.79 Å². The Morgan fingerprint density at radius 3 is 2.62 bits per heavy atom. The molecule has 1 amide bonds. The highest BCUT2D eigenvalue weighted by Crippen LogP contribution is 2.11. The standard InChI is InChI=1S/C11H23N3OS/c1-11(2,12)9-16-8-3-10(15)14-6-4-13-5-7-14/h13H,3-9,12H2,1-2H3. The van der Waals surface area contributed by atoms with Crippen molar-refractivity contribution in [2.24, 2.45) is 5.73 Å². The molecular weight excluding hydrogens is 222 g/mol. The second-order valence-electron chi connectivity index (χ2n) is 4.92. The quantitative estimate of drug-likeness (QED) is 0.683. The van der Waals surface area contributed by atoms with Crippen molar-refractivity contribution in [3.05, 3.63) is 0 Å². The van der Waals surface area contributed by atoms with Crippen LogP contribution in [0.15, 0.2) is 0 Å². The molecule has 1 aliphatic rings. The molecule has 0 aromatic rings. The number of rotatable bonds is 5. The fraction of sp³-hybridized carbons (Fsp3) is 0.909. The van der Waals surface area contributed by atoms with Crippen molar-refractivity contribution >= 4 is 17.7 Å². The van der Waals surface area contributed by atoms with Crippen LogP contribution in [-0.4, -0.2) is 54.0 Å². The maximum absolute atomic E-state index is 11.8. The molecule has 0 aliphatic carbocycles. The molecule has 16 heavy (non-hydrogen) atoms. The average Bonchev–Trinajstić information content (AvgIpc) is 2.24. The third-order valence-corrected chi connectivity index (χ3v) is 3.84. The minimum atomic E-state index is -0.136. The number of piperazine rings is 1. The van der Waals surface area contributed by atoms with Crippen LogP contribution in [0.3, 0.4) is 0 Å². The molecule has 1 rings (SSSR count). The summed E-state index contributed by atoms with van der Waals surface area (Å²) in [7, 11) is 0. The molecule has 0 bridgehead atoms. The average molecular weight is 245 g/mol. The second-order valence-corrected chi connectivity index (χ2v) is 6.03. The molecule has 0 aromatic carbocycles. The van der Waals surface area contributed by atoms with Crippen molar-refractivity contribution in [2.45, 2.75) is 25.8 Å². The predicted molar refractivity (Wildman–Crippen MR) is 69.7 cm³/mol.